The molecule has 19 heavy (non-hydrogen) atoms. The van der Waals surface area contributed by atoms with Crippen molar-refractivity contribution in [2.75, 3.05) is 12.0 Å². The number of nitrogens with one attached hydrogen (secondary N) is 1. The molecular formula is C12H15Cl2NO3S. The summed E-state index contributed by atoms with van der Waals surface area (Å²) in [4.78, 5) is 11.6. The number of carbonyl (C=O) groups excluding carboxylic acids is 1. The lowest BCUT2D eigenvalue weighted by Gasteiger charge is -2.14. The van der Waals surface area contributed by atoms with Gasteiger partial charge in [0.05, 0.1) is 21.8 Å². The Kier molecular flexibility index (Phi) is 5.64. The average Bonchev–Trinajstić information content (AvgIpc) is 2.29. The summed E-state index contributed by atoms with van der Waals surface area (Å²) in [5.74, 6) is -0.476. The molecule has 106 valence electrons. The molecule has 1 amide bonds. The Labute approximate surface area is 123 Å². The third-order valence-electron chi connectivity index (χ3n) is 2.52. The highest BCUT2D eigenvalue weighted by Crippen LogP contribution is 2.25. The number of hydrogen-bond donors (Lipinski definition) is 1. The highest BCUT2D eigenvalue weighted by atomic mass is 35.5. The van der Waals surface area contributed by atoms with E-state index in [-0.39, 0.29) is 24.1 Å². The molecule has 1 atom stereocenters. The number of sulfone groups is 1. The van der Waals surface area contributed by atoms with Crippen LogP contribution in [0.5, 0.6) is 0 Å². The third kappa shape index (κ3) is 5.80. The van der Waals surface area contributed by atoms with Gasteiger partial charge in [0.25, 0.3) is 0 Å². The van der Waals surface area contributed by atoms with Gasteiger partial charge >= 0.3 is 0 Å². The highest BCUT2D eigenvalue weighted by Gasteiger charge is 2.13. The Morgan fingerprint density at radius 2 is 1.95 bits per heavy atom. The molecule has 1 aromatic carbocycles. The van der Waals surface area contributed by atoms with E-state index in [1.807, 2.05) is 0 Å². The fourth-order valence-electron chi connectivity index (χ4n) is 1.46. The molecule has 0 aromatic heterocycles. The molecule has 0 saturated carbocycles. The van der Waals surface area contributed by atoms with E-state index in [1.54, 1.807) is 25.1 Å². The van der Waals surface area contributed by atoms with Gasteiger partial charge in [-0.3, -0.25) is 4.79 Å². The van der Waals surface area contributed by atoms with Crippen molar-refractivity contribution in [2.24, 2.45) is 0 Å². The maximum Gasteiger partial charge on any atom is 0.221 e. The minimum Gasteiger partial charge on any atom is -0.350 e. The summed E-state index contributed by atoms with van der Waals surface area (Å²) in [6.07, 6.45) is 1.05. The van der Waals surface area contributed by atoms with Crippen molar-refractivity contribution >= 4 is 38.9 Å². The van der Waals surface area contributed by atoms with E-state index in [1.165, 1.54) is 0 Å². The third-order valence-corrected chi connectivity index (χ3v) is 4.21. The molecule has 0 radical (unpaired) electrons. The highest BCUT2D eigenvalue weighted by molar-refractivity contribution is 7.90. The van der Waals surface area contributed by atoms with Crippen LogP contribution in [0, 0.1) is 0 Å². The van der Waals surface area contributed by atoms with E-state index in [0.717, 1.165) is 11.8 Å². The summed E-state index contributed by atoms with van der Waals surface area (Å²) in [6, 6.07) is 4.82. The van der Waals surface area contributed by atoms with Crippen LogP contribution in [0.15, 0.2) is 18.2 Å². The topological polar surface area (TPSA) is 63.2 Å². The minimum absolute atomic E-state index is 0.0511. The summed E-state index contributed by atoms with van der Waals surface area (Å²) >= 11 is 11.7. The lowest BCUT2D eigenvalue weighted by atomic mass is 10.1. The van der Waals surface area contributed by atoms with E-state index in [2.05, 4.69) is 5.32 Å². The summed E-state index contributed by atoms with van der Waals surface area (Å²) < 4.78 is 21.9. The summed E-state index contributed by atoms with van der Waals surface area (Å²) in [5, 5.41) is 3.57. The second-order valence-corrected chi connectivity index (χ2v) is 7.42. The second-order valence-electron chi connectivity index (χ2n) is 4.34. The molecule has 0 spiro atoms. The van der Waals surface area contributed by atoms with Crippen molar-refractivity contribution in [2.45, 2.75) is 19.4 Å². The summed E-state index contributed by atoms with van der Waals surface area (Å²) in [6.45, 7) is 1.79. The van der Waals surface area contributed by atoms with Crippen LogP contribution in [0.2, 0.25) is 10.0 Å². The first-order valence-electron chi connectivity index (χ1n) is 5.61. The van der Waals surface area contributed by atoms with Gasteiger partial charge in [-0.15, -0.1) is 0 Å². The predicted molar refractivity (Wildman–Crippen MR) is 77.3 cm³/mol. The molecule has 0 bridgehead atoms. The van der Waals surface area contributed by atoms with Gasteiger partial charge in [-0.25, -0.2) is 8.42 Å². The van der Waals surface area contributed by atoms with E-state index in [9.17, 15) is 13.2 Å². The molecule has 0 heterocycles. The molecule has 1 unspecified atom stereocenters. The molecule has 0 saturated heterocycles. The molecule has 1 rings (SSSR count). The van der Waals surface area contributed by atoms with E-state index < -0.39 is 9.84 Å². The van der Waals surface area contributed by atoms with Gasteiger partial charge in [0, 0.05) is 12.7 Å². The number of hydrogen-bond acceptors (Lipinski definition) is 3. The largest absolute Gasteiger partial charge is 0.350 e. The van der Waals surface area contributed by atoms with Crippen molar-refractivity contribution in [1.29, 1.82) is 0 Å². The van der Waals surface area contributed by atoms with Crippen molar-refractivity contribution in [1.82, 2.24) is 5.32 Å². The maximum absolute atomic E-state index is 11.6. The normalized spacial score (nSPS) is 13.1. The summed E-state index contributed by atoms with van der Waals surface area (Å²) in [7, 11) is -3.13. The Bertz CT molecular complexity index is 572. The predicted octanol–water partition coefficient (Wildman–Crippen LogP) is 2.61. The van der Waals surface area contributed by atoms with Crippen LogP contribution in [-0.2, 0) is 14.6 Å². The van der Waals surface area contributed by atoms with E-state index in [4.69, 9.17) is 23.2 Å². The van der Waals surface area contributed by atoms with Gasteiger partial charge in [0.1, 0.15) is 9.84 Å². The van der Waals surface area contributed by atoms with Crippen molar-refractivity contribution in [3.63, 3.8) is 0 Å². The van der Waals surface area contributed by atoms with Crippen LogP contribution in [0.4, 0.5) is 0 Å². The number of benzene rings is 1. The van der Waals surface area contributed by atoms with Crippen LogP contribution in [-0.4, -0.2) is 26.3 Å². The quantitative estimate of drug-likeness (QED) is 0.905. The smallest absolute Gasteiger partial charge is 0.221 e. The van der Waals surface area contributed by atoms with Crippen LogP contribution in [0.1, 0.15) is 24.9 Å². The Morgan fingerprint density at radius 1 is 1.32 bits per heavy atom. The van der Waals surface area contributed by atoms with Crippen molar-refractivity contribution < 1.29 is 13.2 Å². The van der Waals surface area contributed by atoms with E-state index in [0.29, 0.717) is 10.0 Å². The number of halogens is 2. The molecule has 7 heteroatoms. The number of amides is 1. The fraction of sp³-hybridized carbons (Fsp3) is 0.417. The minimum atomic E-state index is -3.13. The first kappa shape index (κ1) is 16.3. The van der Waals surface area contributed by atoms with Crippen molar-refractivity contribution in [3.8, 4) is 0 Å². The van der Waals surface area contributed by atoms with Crippen molar-refractivity contribution in [3.05, 3.63) is 33.8 Å². The second kappa shape index (κ2) is 6.59. The molecule has 0 aliphatic carbocycles. The lowest BCUT2D eigenvalue weighted by Crippen LogP contribution is -2.28. The molecule has 0 aliphatic heterocycles. The number of rotatable bonds is 5. The Hall–Kier alpha value is -0.780. The van der Waals surface area contributed by atoms with Crippen LogP contribution in [0.25, 0.3) is 0 Å². The van der Waals surface area contributed by atoms with E-state index >= 15 is 0 Å². The summed E-state index contributed by atoms with van der Waals surface area (Å²) in [5.41, 5.74) is 0.808. The average molecular weight is 324 g/mol. The van der Waals surface area contributed by atoms with Crippen LogP contribution < -0.4 is 5.32 Å². The maximum atomic E-state index is 11.6. The molecule has 0 aliphatic rings. The van der Waals surface area contributed by atoms with Gasteiger partial charge in [0.15, 0.2) is 0 Å². The molecular weight excluding hydrogens is 309 g/mol. The molecule has 4 nitrogen and oxygen atoms in total. The lowest BCUT2D eigenvalue weighted by molar-refractivity contribution is -0.121. The number of carbonyl (C=O) groups is 1. The molecule has 0 fully saturated rings. The fourth-order valence-corrected chi connectivity index (χ4v) is 2.32. The Morgan fingerprint density at radius 3 is 2.47 bits per heavy atom. The first-order chi connectivity index (χ1) is 8.69. The Balaban J connectivity index is 2.61. The molecule has 1 N–H and O–H groups in total. The SMILES string of the molecule is CC(NC(=O)CCS(C)(=O)=O)c1ccc(Cl)c(Cl)c1. The van der Waals surface area contributed by atoms with Gasteiger partial charge in [-0.2, -0.15) is 0 Å². The first-order valence-corrected chi connectivity index (χ1v) is 8.43. The zero-order valence-electron chi connectivity index (χ0n) is 10.6. The zero-order chi connectivity index (χ0) is 14.6. The van der Waals surface area contributed by atoms with Gasteiger partial charge in [-0.05, 0) is 24.6 Å². The monoisotopic (exact) mass is 323 g/mol. The van der Waals surface area contributed by atoms with Crippen LogP contribution >= 0.6 is 23.2 Å². The van der Waals surface area contributed by atoms with Gasteiger partial charge < -0.3 is 5.32 Å². The molecule has 1 aromatic rings. The zero-order valence-corrected chi connectivity index (χ0v) is 12.9. The standard InChI is InChI=1S/C12H15Cl2NO3S/c1-8(9-3-4-10(13)11(14)7-9)15-12(16)5-6-19(2,17)18/h3-4,7-8H,5-6H2,1-2H3,(H,15,16). The van der Waals surface area contributed by atoms with Gasteiger partial charge in [-0.1, -0.05) is 29.3 Å². The van der Waals surface area contributed by atoms with Crippen LogP contribution in [0.3, 0.4) is 0 Å². The van der Waals surface area contributed by atoms with Gasteiger partial charge in [0.2, 0.25) is 5.91 Å².